The molecule has 0 aromatic heterocycles. The number of carbonyl (C=O) groups is 1. The smallest absolute Gasteiger partial charge is 0.227 e. The van der Waals surface area contributed by atoms with Gasteiger partial charge in [-0.1, -0.05) is 49.4 Å². The molecule has 2 N–H and O–H groups in total. The Hall–Kier alpha value is -2.33. The van der Waals surface area contributed by atoms with Gasteiger partial charge in [-0.2, -0.15) is 0 Å². The first kappa shape index (κ1) is 18.0. The molecule has 2 aromatic rings. The minimum Gasteiger partial charge on any atom is -0.387 e. The first-order valence-electron chi connectivity index (χ1n) is 8.31. The first-order valence-corrected chi connectivity index (χ1v) is 8.31. The number of benzene rings is 2. The Kier molecular flexibility index (Phi) is 6.38. The van der Waals surface area contributed by atoms with Crippen LogP contribution in [-0.2, 0) is 4.79 Å². The second-order valence-corrected chi connectivity index (χ2v) is 6.12. The van der Waals surface area contributed by atoms with Crippen molar-refractivity contribution in [3.63, 3.8) is 0 Å². The molecule has 0 fully saturated rings. The normalized spacial score (nSPS) is 13.2. The van der Waals surface area contributed by atoms with Crippen LogP contribution in [0.15, 0.2) is 54.6 Å². The Bertz CT molecular complexity index is 638. The predicted molar refractivity (Wildman–Crippen MR) is 98.2 cm³/mol. The summed E-state index contributed by atoms with van der Waals surface area (Å²) >= 11 is 0. The second-order valence-electron chi connectivity index (χ2n) is 6.12. The molecule has 0 aliphatic heterocycles. The SMILES string of the molecule is CC[C@@H](C(=O)NC[C@@H](O)c1ccc(N(C)C)cc1)c1ccccc1. The molecule has 24 heavy (non-hydrogen) atoms. The molecule has 0 unspecified atom stereocenters. The van der Waals surface area contributed by atoms with Crippen molar-refractivity contribution in [2.45, 2.75) is 25.4 Å². The molecule has 128 valence electrons. The maximum Gasteiger partial charge on any atom is 0.227 e. The molecule has 0 saturated heterocycles. The maximum absolute atomic E-state index is 12.4. The van der Waals surface area contributed by atoms with E-state index in [0.717, 1.165) is 23.2 Å². The highest BCUT2D eigenvalue weighted by molar-refractivity contribution is 5.83. The van der Waals surface area contributed by atoms with Gasteiger partial charge in [0.1, 0.15) is 0 Å². The van der Waals surface area contributed by atoms with E-state index in [0.29, 0.717) is 0 Å². The number of carbonyl (C=O) groups excluding carboxylic acids is 1. The fourth-order valence-corrected chi connectivity index (χ4v) is 2.69. The van der Waals surface area contributed by atoms with Crippen LogP contribution >= 0.6 is 0 Å². The number of hydrogen-bond donors (Lipinski definition) is 2. The molecule has 0 aliphatic carbocycles. The Morgan fingerprint density at radius 3 is 2.21 bits per heavy atom. The lowest BCUT2D eigenvalue weighted by atomic mass is 9.95. The zero-order valence-corrected chi connectivity index (χ0v) is 14.6. The molecule has 2 atom stereocenters. The molecular formula is C20H26N2O2. The van der Waals surface area contributed by atoms with E-state index in [9.17, 15) is 9.90 Å². The van der Waals surface area contributed by atoms with Crippen molar-refractivity contribution < 1.29 is 9.90 Å². The van der Waals surface area contributed by atoms with Crippen LogP contribution in [0.2, 0.25) is 0 Å². The molecule has 4 heteroatoms. The monoisotopic (exact) mass is 326 g/mol. The fraction of sp³-hybridized carbons (Fsp3) is 0.350. The molecule has 0 heterocycles. The van der Waals surface area contributed by atoms with Crippen molar-refractivity contribution in [1.82, 2.24) is 5.32 Å². The number of aliphatic hydroxyl groups excluding tert-OH is 1. The molecule has 0 saturated carbocycles. The van der Waals surface area contributed by atoms with E-state index in [4.69, 9.17) is 0 Å². The zero-order valence-electron chi connectivity index (χ0n) is 14.6. The summed E-state index contributed by atoms with van der Waals surface area (Å²) in [6.07, 6.45) is 0.0159. The number of nitrogens with one attached hydrogen (secondary N) is 1. The average molecular weight is 326 g/mol. The van der Waals surface area contributed by atoms with Crippen LogP contribution in [0, 0.1) is 0 Å². The molecule has 2 rings (SSSR count). The van der Waals surface area contributed by atoms with E-state index in [1.807, 2.05) is 80.5 Å². The van der Waals surface area contributed by atoms with Crippen LogP contribution in [0.5, 0.6) is 0 Å². The largest absolute Gasteiger partial charge is 0.387 e. The molecule has 4 nitrogen and oxygen atoms in total. The van der Waals surface area contributed by atoms with Crippen LogP contribution in [0.4, 0.5) is 5.69 Å². The van der Waals surface area contributed by atoms with Gasteiger partial charge in [-0.3, -0.25) is 4.79 Å². The zero-order chi connectivity index (χ0) is 17.5. The molecule has 2 aromatic carbocycles. The van der Waals surface area contributed by atoms with Gasteiger partial charge in [0.05, 0.1) is 12.0 Å². The van der Waals surface area contributed by atoms with Crippen LogP contribution < -0.4 is 10.2 Å². The van der Waals surface area contributed by atoms with Gasteiger partial charge < -0.3 is 15.3 Å². The lowest BCUT2D eigenvalue weighted by molar-refractivity contribution is -0.123. The average Bonchev–Trinajstić information content (AvgIpc) is 2.61. The minimum absolute atomic E-state index is 0.0485. The Morgan fingerprint density at radius 2 is 1.67 bits per heavy atom. The van der Waals surface area contributed by atoms with Crippen molar-refractivity contribution in [3.05, 3.63) is 65.7 Å². The van der Waals surface area contributed by atoms with Crippen molar-refractivity contribution in [3.8, 4) is 0 Å². The minimum atomic E-state index is -0.710. The number of amides is 1. The molecular weight excluding hydrogens is 300 g/mol. The second kappa shape index (κ2) is 8.50. The first-order chi connectivity index (χ1) is 11.5. The summed E-state index contributed by atoms with van der Waals surface area (Å²) in [4.78, 5) is 14.4. The van der Waals surface area contributed by atoms with E-state index in [1.165, 1.54) is 0 Å². The van der Waals surface area contributed by atoms with E-state index < -0.39 is 6.10 Å². The van der Waals surface area contributed by atoms with Gasteiger partial charge in [-0.25, -0.2) is 0 Å². The van der Waals surface area contributed by atoms with Crippen molar-refractivity contribution in [2.24, 2.45) is 0 Å². The van der Waals surface area contributed by atoms with Gasteiger partial charge in [-0.05, 0) is 29.7 Å². The van der Waals surface area contributed by atoms with Gasteiger partial charge in [0.2, 0.25) is 5.91 Å². The molecule has 0 aliphatic rings. The van der Waals surface area contributed by atoms with E-state index in [-0.39, 0.29) is 18.4 Å². The number of nitrogens with zero attached hydrogens (tertiary/aromatic N) is 1. The Labute approximate surface area is 144 Å². The highest BCUT2D eigenvalue weighted by Gasteiger charge is 2.19. The predicted octanol–water partition coefficient (Wildman–Crippen LogP) is 3.10. The summed E-state index contributed by atoms with van der Waals surface area (Å²) in [5.41, 5.74) is 2.88. The summed E-state index contributed by atoms with van der Waals surface area (Å²) in [5.74, 6) is -0.234. The lowest BCUT2D eigenvalue weighted by Gasteiger charge is -2.18. The van der Waals surface area contributed by atoms with Gasteiger partial charge in [0, 0.05) is 26.3 Å². The van der Waals surface area contributed by atoms with Crippen LogP contribution in [0.3, 0.4) is 0 Å². The highest BCUT2D eigenvalue weighted by Crippen LogP contribution is 2.20. The van der Waals surface area contributed by atoms with Gasteiger partial charge in [-0.15, -0.1) is 0 Å². The topological polar surface area (TPSA) is 52.6 Å². The van der Waals surface area contributed by atoms with Crippen LogP contribution in [0.1, 0.15) is 36.5 Å². The third kappa shape index (κ3) is 4.59. The molecule has 1 amide bonds. The lowest BCUT2D eigenvalue weighted by Crippen LogP contribution is -2.32. The standard InChI is InChI=1S/C20H26N2O2/c1-4-18(15-8-6-5-7-9-15)20(24)21-14-19(23)16-10-12-17(13-11-16)22(2)3/h5-13,18-19,23H,4,14H2,1-3H3,(H,21,24)/t18-,19-/m1/s1. The third-order valence-corrected chi connectivity index (χ3v) is 4.19. The number of anilines is 1. The number of rotatable bonds is 7. The van der Waals surface area contributed by atoms with E-state index in [2.05, 4.69) is 5.32 Å². The van der Waals surface area contributed by atoms with Crippen molar-refractivity contribution in [2.75, 3.05) is 25.5 Å². The van der Waals surface area contributed by atoms with Crippen molar-refractivity contribution >= 4 is 11.6 Å². The molecule has 0 radical (unpaired) electrons. The number of hydrogen-bond acceptors (Lipinski definition) is 3. The third-order valence-electron chi connectivity index (χ3n) is 4.19. The summed E-state index contributed by atoms with van der Waals surface area (Å²) in [6.45, 7) is 2.21. The van der Waals surface area contributed by atoms with Gasteiger partial charge >= 0.3 is 0 Å². The van der Waals surface area contributed by atoms with Gasteiger partial charge in [0.25, 0.3) is 0 Å². The molecule has 0 bridgehead atoms. The Morgan fingerprint density at radius 1 is 1.04 bits per heavy atom. The summed E-state index contributed by atoms with van der Waals surface area (Å²) in [6, 6.07) is 17.4. The van der Waals surface area contributed by atoms with Crippen LogP contribution in [-0.4, -0.2) is 31.7 Å². The van der Waals surface area contributed by atoms with Crippen molar-refractivity contribution in [1.29, 1.82) is 0 Å². The summed E-state index contributed by atoms with van der Waals surface area (Å²) in [5, 5.41) is 13.2. The van der Waals surface area contributed by atoms with E-state index >= 15 is 0 Å². The quantitative estimate of drug-likeness (QED) is 0.822. The Balaban J connectivity index is 1.95. The number of aliphatic hydroxyl groups is 1. The summed E-state index contributed by atoms with van der Waals surface area (Å²) < 4.78 is 0. The molecule has 0 spiro atoms. The van der Waals surface area contributed by atoms with Gasteiger partial charge in [0.15, 0.2) is 0 Å². The fourth-order valence-electron chi connectivity index (χ4n) is 2.69. The van der Waals surface area contributed by atoms with Crippen LogP contribution in [0.25, 0.3) is 0 Å². The maximum atomic E-state index is 12.4. The van der Waals surface area contributed by atoms with E-state index in [1.54, 1.807) is 0 Å². The summed E-state index contributed by atoms with van der Waals surface area (Å²) in [7, 11) is 3.94. The highest BCUT2D eigenvalue weighted by atomic mass is 16.3.